The van der Waals surface area contributed by atoms with Crippen molar-refractivity contribution in [2.24, 2.45) is 0 Å². The van der Waals surface area contributed by atoms with E-state index in [1.807, 2.05) is 0 Å². The summed E-state index contributed by atoms with van der Waals surface area (Å²) in [7, 11) is -1.70. The van der Waals surface area contributed by atoms with Crippen LogP contribution in [0.3, 0.4) is 0 Å². The van der Waals surface area contributed by atoms with Gasteiger partial charge in [0.15, 0.2) is 5.75 Å². The van der Waals surface area contributed by atoms with Gasteiger partial charge in [0, 0.05) is 0 Å². The minimum atomic E-state index is -2.53. The highest BCUT2D eigenvalue weighted by Crippen LogP contribution is 2.36. The Morgan fingerprint density at radius 2 is 1.31 bits per heavy atom. The summed E-state index contributed by atoms with van der Waals surface area (Å²) in [4.78, 5) is 0. The number of halogens is 4. The topological polar surface area (TPSA) is 58.9 Å². The van der Waals surface area contributed by atoms with Crippen molar-refractivity contribution in [3.8, 4) is 11.5 Å². The smallest absolute Gasteiger partial charge is 0.507 e. The van der Waals surface area contributed by atoms with Crippen LogP contribution in [0.1, 0.15) is 0 Å². The molecule has 0 saturated carbocycles. The fraction of sp³-hybridized carbons (Fsp3) is 0.143. The molecule has 1 aromatic carbocycles. The van der Waals surface area contributed by atoms with E-state index < -0.39 is 42.1 Å². The molecule has 2 N–H and O–H groups in total. The average Bonchev–Trinajstić information content (AvgIpc) is 2.23. The van der Waals surface area contributed by atoms with Gasteiger partial charge in [0.1, 0.15) is 0 Å². The minimum absolute atomic E-state index is 0.839. The molecule has 16 heavy (non-hydrogen) atoms. The summed E-state index contributed by atoms with van der Waals surface area (Å²) in [6.07, 6.45) is 0. The highest BCUT2D eigenvalue weighted by molar-refractivity contribution is 6.33. The lowest BCUT2D eigenvalue weighted by molar-refractivity contribution is 0.260. The van der Waals surface area contributed by atoms with Gasteiger partial charge in [-0.1, -0.05) is 0 Å². The molecule has 0 saturated heterocycles. The Labute approximate surface area is 87.2 Å². The van der Waals surface area contributed by atoms with Crippen LogP contribution in [0, 0.1) is 23.3 Å². The van der Waals surface area contributed by atoms with E-state index in [4.69, 9.17) is 10.0 Å². The third-order valence-electron chi connectivity index (χ3n) is 1.61. The fourth-order valence-corrected chi connectivity index (χ4v) is 0.984. The van der Waals surface area contributed by atoms with Gasteiger partial charge in [-0.15, -0.1) is 0 Å². The molecule has 0 aliphatic carbocycles. The summed E-state index contributed by atoms with van der Waals surface area (Å²) < 4.78 is 59.7. The third-order valence-corrected chi connectivity index (χ3v) is 1.61. The molecule has 1 aromatic rings. The first kappa shape index (κ1) is 12.6. The maximum atomic E-state index is 13.0. The zero-order valence-electron chi connectivity index (χ0n) is 7.80. The summed E-state index contributed by atoms with van der Waals surface area (Å²) in [5, 5.41) is 16.7. The van der Waals surface area contributed by atoms with Crippen LogP contribution in [0.2, 0.25) is 0 Å². The van der Waals surface area contributed by atoms with Crippen LogP contribution in [-0.2, 0) is 0 Å². The van der Waals surface area contributed by atoms with Crippen molar-refractivity contribution in [2.75, 3.05) is 7.11 Å². The van der Waals surface area contributed by atoms with E-state index in [0.29, 0.717) is 0 Å². The number of hydrogen-bond donors (Lipinski definition) is 2. The summed E-state index contributed by atoms with van der Waals surface area (Å²) in [5.74, 6) is -10.4. The van der Waals surface area contributed by atoms with E-state index in [9.17, 15) is 17.6 Å². The number of hydrogen-bond acceptors (Lipinski definition) is 4. The average molecular weight is 240 g/mol. The van der Waals surface area contributed by atoms with Crippen molar-refractivity contribution in [3.63, 3.8) is 0 Å². The molecule has 0 unspecified atom stereocenters. The molecule has 0 amide bonds. The Balaban J connectivity index is 3.44. The maximum absolute atomic E-state index is 13.0. The Bertz CT molecular complexity index is 412. The molecule has 0 bridgehead atoms. The molecule has 4 nitrogen and oxygen atoms in total. The number of benzene rings is 1. The predicted octanol–water partition coefficient (Wildman–Crippen LogP) is 0.600. The zero-order valence-corrected chi connectivity index (χ0v) is 7.80. The van der Waals surface area contributed by atoms with Crippen LogP contribution in [-0.4, -0.2) is 24.5 Å². The second-order valence-electron chi connectivity index (χ2n) is 2.56. The number of ether oxygens (including phenoxy) is 1. The monoisotopic (exact) mass is 240 g/mol. The molecule has 0 atom stereocenters. The zero-order chi connectivity index (χ0) is 12.5. The standard InChI is InChI=1S/C7H5BF4O4/c1-15-6-4(11)2(9)3(10)5(12)7(6)16-8(13)14/h13-14H,1H3. The highest BCUT2D eigenvalue weighted by atomic mass is 19.2. The van der Waals surface area contributed by atoms with Crippen molar-refractivity contribution in [1.29, 1.82) is 0 Å². The van der Waals surface area contributed by atoms with Crippen LogP contribution in [0.5, 0.6) is 11.5 Å². The van der Waals surface area contributed by atoms with Gasteiger partial charge in [0.2, 0.25) is 29.0 Å². The molecular weight excluding hydrogens is 235 g/mol. The third kappa shape index (κ3) is 2.04. The van der Waals surface area contributed by atoms with Gasteiger partial charge in [0.05, 0.1) is 7.11 Å². The molecular formula is C7H5BF4O4. The van der Waals surface area contributed by atoms with Crippen LogP contribution in [0.25, 0.3) is 0 Å². The Morgan fingerprint density at radius 3 is 1.69 bits per heavy atom. The second kappa shape index (κ2) is 4.58. The van der Waals surface area contributed by atoms with Crippen molar-refractivity contribution in [2.45, 2.75) is 0 Å². The SMILES string of the molecule is COc1c(F)c(F)c(F)c(F)c1OB(O)O. The Kier molecular flexibility index (Phi) is 3.60. The number of rotatable bonds is 3. The van der Waals surface area contributed by atoms with Crippen molar-refractivity contribution in [1.82, 2.24) is 0 Å². The van der Waals surface area contributed by atoms with E-state index in [1.54, 1.807) is 0 Å². The van der Waals surface area contributed by atoms with Gasteiger partial charge in [-0.05, 0) is 0 Å². The van der Waals surface area contributed by atoms with Gasteiger partial charge in [-0.2, -0.15) is 8.78 Å². The fourth-order valence-electron chi connectivity index (χ4n) is 0.984. The van der Waals surface area contributed by atoms with E-state index in [-0.39, 0.29) is 0 Å². The quantitative estimate of drug-likeness (QED) is 0.351. The molecule has 1 rings (SSSR count). The van der Waals surface area contributed by atoms with E-state index >= 15 is 0 Å². The van der Waals surface area contributed by atoms with Crippen LogP contribution in [0.15, 0.2) is 0 Å². The van der Waals surface area contributed by atoms with Crippen LogP contribution >= 0.6 is 0 Å². The van der Waals surface area contributed by atoms with Crippen molar-refractivity contribution < 1.29 is 37.0 Å². The van der Waals surface area contributed by atoms with Gasteiger partial charge >= 0.3 is 7.32 Å². The maximum Gasteiger partial charge on any atom is 0.707 e. The second-order valence-corrected chi connectivity index (χ2v) is 2.56. The van der Waals surface area contributed by atoms with Gasteiger partial charge < -0.3 is 19.4 Å². The van der Waals surface area contributed by atoms with Crippen LogP contribution < -0.4 is 9.39 Å². The lowest BCUT2D eigenvalue weighted by Crippen LogP contribution is -2.22. The molecule has 0 radical (unpaired) electrons. The van der Waals surface area contributed by atoms with Gasteiger partial charge in [-0.25, -0.2) is 8.78 Å². The van der Waals surface area contributed by atoms with Crippen LogP contribution in [0.4, 0.5) is 17.6 Å². The van der Waals surface area contributed by atoms with Crippen molar-refractivity contribution in [3.05, 3.63) is 23.3 Å². The largest absolute Gasteiger partial charge is 0.707 e. The first-order valence-corrected chi connectivity index (χ1v) is 3.82. The summed E-state index contributed by atoms with van der Waals surface area (Å²) in [5.41, 5.74) is 0. The predicted molar refractivity (Wildman–Crippen MR) is 43.6 cm³/mol. The number of methoxy groups -OCH3 is 1. The molecule has 88 valence electrons. The lowest BCUT2D eigenvalue weighted by atomic mass is 10.2. The van der Waals surface area contributed by atoms with E-state index in [0.717, 1.165) is 7.11 Å². The summed E-state index contributed by atoms with van der Waals surface area (Å²) in [6.45, 7) is 0. The molecule has 0 fully saturated rings. The van der Waals surface area contributed by atoms with E-state index in [2.05, 4.69) is 9.39 Å². The molecule has 0 spiro atoms. The minimum Gasteiger partial charge on any atom is -0.507 e. The summed E-state index contributed by atoms with van der Waals surface area (Å²) in [6, 6.07) is 0. The van der Waals surface area contributed by atoms with E-state index in [1.165, 1.54) is 0 Å². The van der Waals surface area contributed by atoms with Gasteiger partial charge in [-0.3, -0.25) is 0 Å². The Hall–Kier alpha value is -1.48. The molecule has 0 aliphatic heterocycles. The molecule has 9 heteroatoms. The lowest BCUT2D eigenvalue weighted by Gasteiger charge is -2.12. The van der Waals surface area contributed by atoms with Crippen molar-refractivity contribution >= 4 is 7.32 Å². The Morgan fingerprint density at radius 1 is 0.875 bits per heavy atom. The first-order valence-electron chi connectivity index (χ1n) is 3.82. The molecule has 0 aliphatic rings. The summed E-state index contributed by atoms with van der Waals surface area (Å²) >= 11 is 0. The molecule has 0 heterocycles. The first-order chi connectivity index (χ1) is 7.40. The normalized spacial score (nSPS) is 10.2. The van der Waals surface area contributed by atoms with Gasteiger partial charge in [0.25, 0.3) is 0 Å². The molecule has 0 aromatic heterocycles. The highest BCUT2D eigenvalue weighted by Gasteiger charge is 2.29.